The molecule has 1 N–H and O–H groups in total. The molecule has 1 aromatic heterocycles. The van der Waals surface area contributed by atoms with Crippen molar-refractivity contribution in [3.63, 3.8) is 0 Å². The van der Waals surface area contributed by atoms with Gasteiger partial charge in [-0.15, -0.1) is 0 Å². The van der Waals surface area contributed by atoms with Gasteiger partial charge in [0.1, 0.15) is 0 Å². The van der Waals surface area contributed by atoms with Crippen molar-refractivity contribution in [3.8, 4) is 0 Å². The molecule has 0 aromatic carbocycles. The van der Waals surface area contributed by atoms with E-state index in [4.69, 9.17) is 0 Å². The summed E-state index contributed by atoms with van der Waals surface area (Å²) in [6, 6.07) is 0. The molecule has 0 aliphatic heterocycles. The van der Waals surface area contributed by atoms with Gasteiger partial charge in [0.05, 0.1) is 5.69 Å². The van der Waals surface area contributed by atoms with Crippen molar-refractivity contribution in [3.05, 3.63) is 17.0 Å². The summed E-state index contributed by atoms with van der Waals surface area (Å²) in [7, 11) is 0. The van der Waals surface area contributed by atoms with Gasteiger partial charge in [0.15, 0.2) is 0 Å². The highest BCUT2D eigenvalue weighted by Gasteiger charge is 2.03. The Morgan fingerprint density at radius 2 is 2.09 bits per heavy atom. The lowest BCUT2D eigenvalue weighted by atomic mass is 10.1. The summed E-state index contributed by atoms with van der Waals surface area (Å²) in [6.07, 6.45) is 3.69. The van der Waals surface area contributed by atoms with Crippen molar-refractivity contribution >= 4 is 0 Å². The summed E-state index contributed by atoms with van der Waals surface area (Å²) >= 11 is 0. The molecule has 0 unspecified atom stereocenters. The van der Waals surface area contributed by atoms with Gasteiger partial charge in [-0.05, 0) is 32.3 Å². The van der Waals surface area contributed by atoms with Gasteiger partial charge < -0.3 is 0 Å². The number of hydrogen-bond donors (Lipinski definition) is 1. The van der Waals surface area contributed by atoms with Crippen LogP contribution in [0, 0.1) is 13.8 Å². The van der Waals surface area contributed by atoms with Crippen LogP contribution in [0.15, 0.2) is 0 Å². The van der Waals surface area contributed by atoms with Gasteiger partial charge in [0.25, 0.3) is 0 Å². The zero-order valence-electron chi connectivity index (χ0n) is 7.57. The molecular formula is C9H16N2. The Hall–Kier alpha value is -0.790. The lowest BCUT2D eigenvalue weighted by Crippen LogP contribution is -1.87. The fraction of sp³-hybridized carbons (Fsp3) is 0.667. The minimum Gasteiger partial charge on any atom is -0.282 e. The van der Waals surface area contributed by atoms with Crippen LogP contribution < -0.4 is 0 Å². The van der Waals surface area contributed by atoms with Crippen LogP contribution in [-0.4, -0.2) is 10.2 Å². The predicted molar refractivity (Wildman–Crippen MR) is 46.7 cm³/mol. The van der Waals surface area contributed by atoms with E-state index in [-0.39, 0.29) is 0 Å². The van der Waals surface area contributed by atoms with Crippen molar-refractivity contribution in [2.75, 3.05) is 0 Å². The number of nitrogens with zero attached hydrogens (tertiary/aromatic N) is 1. The zero-order valence-corrected chi connectivity index (χ0v) is 7.57. The first-order chi connectivity index (χ1) is 5.25. The van der Waals surface area contributed by atoms with Gasteiger partial charge >= 0.3 is 0 Å². The Morgan fingerprint density at radius 3 is 2.55 bits per heavy atom. The number of aromatic amines is 1. The topological polar surface area (TPSA) is 28.7 Å². The average molecular weight is 152 g/mol. The van der Waals surface area contributed by atoms with E-state index in [9.17, 15) is 0 Å². The van der Waals surface area contributed by atoms with Crippen LogP contribution in [0.4, 0.5) is 0 Å². The highest BCUT2D eigenvalue weighted by atomic mass is 15.1. The van der Waals surface area contributed by atoms with Crippen LogP contribution in [0.1, 0.15) is 36.7 Å². The standard InChI is InChI=1S/C9H16N2/c1-4-5-6-9-7(2)10-11-8(9)3/h4-6H2,1-3H3,(H,10,11). The Bertz CT molecular complexity index is 206. The average Bonchev–Trinajstić information content (AvgIpc) is 2.29. The molecule has 2 nitrogen and oxygen atoms in total. The fourth-order valence-corrected chi connectivity index (χ4v) is 1.30. The lowest BCUT2D eigenvalue weighted by Gasteiger charge is -1.97. The largest absolute Gasteiger partial charge is 0.282 e. The first kappa shape index (κ1) is 8.31. The molecule has 1 rings (SSSR count). The maximum absolute atomic E-state index is 4.14. The number of H-pyrrole nitrogens is 1. The Morgan fingerprint density at radius 1 is 1.36 bits per heavy atom. The fourth-order valence-electron chi connectivity index (χ4n) is 1.30. The summed E-state index contributed by atoms with van der Waals surface area (Å²) in [5, 5.41) is 7.14. The molecule has 1 aromatic rings. The summed E-state index contributed by atoms with van der Waals surface area (Å²) < 4.78 is 0. The lowest BCUT2D eigenvalue weighted by molar-refractivity contribution is 0.788. The van der Waals surface area contributed by atoms with Crippen LogP contribution in [-0.2, 0) is 6.42 Å². The van der Waals surface area contributed by atoms with E-state index in [2.05, 4.69) is 31.0 Å². The van der Waals surface area contributed by atoms with Gasteiger partial charge in [-0.1, -0.05) is 13.3 Å². The number of aromatic nitrogens is 2. The molecule has 0 spiro atoms. The molecule has 2 heteroatoms. The van der Waals surface area contributed by atoms with Gasteiger partial charge in [0.2, 0.25) is 0 Å². The number of nitrogens with one attached hydrogen (secondary N) is 1. The van der Waals surface area contributed by atoms with Gasteiger partial charge in [-0.3, -0.25) is 5.10 Å². The third-order valence-corrected chi connectivity index (χ3v) is 2.06. The Labute approximate surface area is 68.0 Å². The summed E-state index contributed by atoms with van der Waals surface area (Å²) in [5.41, 5.74) is 3.80. The van der Waals surface area contributed by atoms with Crippen LogP contribution in [0.3, 0.4) is 0 Å². The maximum atomic E-state index is 4.14. The van der Waals surface area contributed by atoms with Crippen LogP contribution in [0.25, 0.3) is 0 Å². The molecule has 62 valence electrons. The third kappa shape index (κ3) is 1.82. The molecule has 0 aliphatic rings. The van der Waals surface area contributed by atoms with Crippen LogP contribution in [0.5, 0.6) is 0 Å². The third-order valence-electron chi connectivity index (χ3n) is 2.06. The second kappa shape index (κ2) is 3.56. The van der Waals surface area contributed by atoms with Gasteiger partial charge in [-0.25, -0.2) is 0 Å². The van der Waals surface area contributed by atoms with E-state index in [1.54, 1.807) is 0 Å². The number of unbranched alkanes of at least 4 members (excludes halogenated alkanes) is 1. The number of aryl methyl sites for hydroxylation is 2. The highest BCUT2D eigenvalue weighted by Crippen LogP contribution is 2.12. The normalized spacial score (nSPS) is 10.5. The molecule has 11 heavy (non-hydrogen) atoms. The van der Waals surface area contributed by atoms with E-state index in [0.29, 0.717) is 0 Å². The van der Waals surface area contributed by atoms with E-state index in [1.165, 1.54) is 30.5 Å². The first-order valence-electron chi connectivity index (χ1n) is 4.26. The van der Waals surface area contributed by atoms with E-state index in [1.807, 2.05) is 0 Å². The molecular weight excluding hydrogens is 136 g/mol. The SMILES string of the molecule is CCCCc1c(C)n[nH]c1C. The number of hydrogen-bond acceptors (Lipinski definition) is 1. The van der Waals surface area contributed by atoms with Gasteiger partial charge in [-0.2, -0.15) is 5.10 Å². The molecule has 0 fully saturated rings. The highest BCUT2D eigenvalue weighted by molar-refractivity contribution is 5.22. The Kier molecular flexibility index (Phi) is 2.69. The minimum atomic E-state index is 1.16. The molecule has 0 amide bonds. The molecule has 0 aliphatic carbocycles. The summed E-state index contributed by atoms with van der Waals surface area (Å²) in [5.74, 6) is 0. The molecule has 0 bridgehead atoms. The van der Waals surface area contributed by atoms with E-state index < -0.39 is 0 Å². The van der Waals surface area contributed by atoms with Crippen LogP contribution >= 0.6 is 0 Å². The second-order valence-corrected chi connectivity index (χ2v) is 3.02. The molecule has 1 heterocycles. The smallest absolute Gasteiger partial charge is 0.0625 e. The molecule has 0 saturated carbocycles. The summed E-state index contributed by atoms with van der Waals surface area (Å²) in [6.45, 7) is 6.37. The summed E-state index contributed by atoms with van der Waals surface area (Å²) in [4.78, 5) is 0. The zero-order chi connectivity index (χ0) is 8.27. The molecule has 0 saturated heterocycles. The first-order valence-corrected chi connectivity index (χ1v) is 4.26. The Balaban J connectivity index is 2.67. The van der Waals surface area contributed by atoms with E-state index in [0.717, 1.165) is 5.69 Å². The van der Waals surface area contributed by atoms with Crippen molar-refractivity contribution in [1.82, 2.24) is 10.2 Å². The maximum Gasteiger partial charge on any atom is 0.0625 e. The van der Waals surface area contributed by atoms with E-state index >= 15 is 0 Å². The molecule has 0 atom stereocenters. The van der Waals surface area contributed by atoms with Crippen molar-refractivity contribution in [2.24, 2.45) is 0 Å². The van der Waals surface area contributed by atoms with Crippen molar-refractivity contribution in [2.45, 2.75) is 40.0 Å². The second-order valence-electron chi connectivity index (χ2n) is 3.02. The predicted octanol–water partition coefficient (Wildman–Crippen LogP) is 2.37. The minimum absolute atomic E-state index is 1.16. The number of rotatable bonds is 3. The van der Waals surface area contributed by atoms with Crippen LogP contribution in [0.2, 0.25) is 0 Å². The van der Waals surface area contributed by atoms with Gasteiger partial charge in [0, 0.05) is 5.69 Å². The van der Waals surface area contributed by atoms with Crippen molar-refractivity contribution < 1.29 is 0 Å². The quantitative estimate of drug-likeness (QED) is 0.707. The van der Waals surface area contributed by atoms with Crippen molar-refractivity contribution in [1.29, 1.82) is 0 Å². The molecule has 0 radical (unpaired) electrons. The monoisotopic (exact) mass is 152 g/mol.